The molecule has 0 bridgehead atoms. The second-order valence-electron chi connectivity index (χ2n) is 3.86. The van der Waals surface area contributed by atoms with Crippen molar-refractivity contribution in [3.05, 3.63) is 36.7 Å². The molecule has 0 saturated carbocycles. The van der Waals surface area contributed by atoms with Gasteiger partial charge in [-0.1, -0.05) is 11.3 Å². The van der Waals surface area contributed by atoms with E-state index in [0.717, 1.165) is 0 Å². The number of nitrogens with zero attached hydrogens (tertiary/aromatic N) is 3. The summed E-state index contributed by atoms with van der Waals surface area (Å²) in [5.41, 5.74) is 0.512. The SMILES string of the molecule is O=C(O)COc1cccc(NC(=O)Cn2ccnn2)c1. The van der Waals surface area contributed by atoms with Gasteiger partial charge in [0.2, 0.25) is 5.91 Å². The van der Waals surface area contributed by atoms with Crippen LogP contribution in [0.5, 0.6) is 5.75 Å². The maximum atomic E-state index is 11.7. The zero-order valence-corrected chi connectivity index (χ0v) is 10.4. The average Bonchev–Trinajstić information content (AvgIpc) is 2.89. The van der Waals surface area contributed by atoms with Gasteiger partial charge in [0.25, 0.3) is 0 Å². The van der Waals surface area contributed by atoms with Crippen molar-refractivity contribution in [2.75, 3.05) is 11.9 Å². The smallest absolute Gasteiger partial charge is 0.341 e. The molecule has 0 atom stereocenters. The number of nitrogens with one attached hydrogen (secondary N) is 1. The van der Waals surface area contributed by atoms with E-state index in [-0.39, 0.29) is 12.5 Å². The summed E-state index contributed by atoms with van der Waals surface area (Å²) in [6.45, 7) is -0.392. The summed E-state index contributed by atoms with van der Waals surface area (Å²) < 4.78 is 6.41. The Morgan fingerprint density at radius 2 is 2.25 bits per heavy atom. The highest BCUT2D eigenvalue weighted by molar-refractivity contribution is 5.90. The van der Waals surface area contributed by atoms with Gasteiger partial charge >= 0.3 is 5.97 Å². The van der Waals surface area contributed by atoms with Gasteiger partial charge in [0, 0.05) is 18.0 Å². The van der Waals surface area contributed by atoms with Gasteiger partial charge in [-0.05, 0) is 12.1 Å². The number of aliphatic carboxylic acids is 1. The van der Waals surface area contributed by atoms with Crippen molar-refractivity contribution in [3.63, 3.8) is 0 Å². The van der Waals surface area contributed by atoms with Crippen molar-refractivity contribution < 1.29 is 19.4 Å². The van der Waals surface area contributed by atoms with Crippen molar-refractivity contribution in [1.29, 1.82) is 0 Å². The molecule has 20 heavy (non-hydrogen) atoms. The van der Waals surface area contributed by atoms with Crippen molar-refractivity contribution in [2.45, 2.75) is 6.54 Å². The first-order valence-corrected chi connectivity index (χ1v) is 5.72. The maximum Gasteiger partial charge on any atom is 0.341 e. The molecule has 0 saturated heterocycles. The van der Waals surface area contributed by atoms with E-state index in [1.165, 1.54) is 10.9 Å². The highest BCUT2D eigenvalue weighted by atomic mass is 16.5. The van der Waals surface area contributed by atoms with Gasteiger partial charge in [0.1, 0.15) is 12.3 Å². The summed E-state index contributed by atoms with van der Waals surface area (Å²) in [4.78, 5) is 22.1. The van der Waals surface area contributed by atoms with Gasteiger partial charge in [-0.25, -0.2) is 9.48 Å². The van der Waals surface area contributed by atoms with Crippen LogP contribution >= 0.6 is 0 Å². The van der Waals surface area contributed by atoms with Crippen molar-refractivity contribution in [2.24, 2.45) is 0 Å². The Balaban J connectivity index is 1.93. The largest absolute Gasteiger partial charge is 0.482 e. The van der Waals surface area contributed by atoms with E-state index in [0.29, 0.717) is 11.4 Å². The summed E-state index contributed by atoms with van der Waals surface area (Å²) >= 11 is 0. The van der Waals surface area contributed by atoms with Crippen molar-refractivity contribution >= 4 is 17.6 Å². The zero-order chi connectivity index (χ0) is 14.4. The fourth-order valence-electron chi connectivity index (χ4n) is 1.47. The van der Waals surface area contributed by atoms with E-state index in [1.807, 2.05) is 0 Å². The molecule has 1 heterocycles. The standard InChI is InChI=1S/C12H12N4O4/c17-11(7-16-5-4-13-15-16)14-9-2-1-3-10(6-9)20-8-12(18)19/h1-6H,7-8H2,(H,14,17)(H,18,19). The number of rotatable bonds is 6. The highest BCUT2D eigenvalue weighted by Crippen LogP contribution is 2.17. The number of anilines is 1. The summed E-state index contributed by atoms with van der Waals surface area (Å²) in [6.07, 6.45) is 3.06. The average molecular weight is 276 g/mol. The maximum absolute atomic E-state index is 11.7. The van der Waals surface area contributed by atoms with Crippen LogP contribution in [0.25, 0.3) is 0 Å². The lowest BCUT2D eigenvalue weighted by Crippen LogP contribution is -2.19. The monoisotopic (exact) mass is 276 g/mol. The summed E-state index contributed by atoms with van der Waals surface area (Å²) in [5.74, 6) is -0.970. The fourth-order valence-corrected chi connectivity index (χ4v) is 1.47. The molecule has 104 valence electrons. The normalized spacial score (nSPS) is 10.0. The summed E-state index contributed by atoms with van der Waals surface area (Å²) in [5, 5.41) is 18.5. The lowest BCUT2D eigenvalue weighted by Gasteiger charge is -2.07. The van der Waals surface area contributed by atoms with Crippen LogP contribution in [0, 0.1) is 0 Å². The Bertz CT molecular complexity index is 597. The molecule has 0 aliphatic carbocycles. The van der Waals surface area contributed by atoms with Gasteiger partial charge in [-0.15, -0.1) is 5.10 Å². The minimum atomic E-state index is -1.06. The van der Waals surface area contributed by atoms with Crippen LogP contribution in [0.4, 0.5) is 5.69 Å². The third-order valence-electron chi connectivity index (χ3n) is 2.26. The number of hydrogen-bond donors (Lipinski definition) is 2. The molecule has 0 unspecified atom stereocenters. The van der Waals surface area contributed by atoms with Gasteiger partial charge < -0.3 is 15.2 Å². The van der Waals surface area contributed by atoms with Gasteiger partial charge in [0.05, 0.1) is 6.20 Å². The second kappa shape index (κ2) is 6.32. The van der Waals surface area contributed by atoms with E-state index in [2.05, 4.69) is 15.6 Å². The molecule has 1 aromatic carbocycles. The fraction of sp³-hybridized carbons (Fsp3) is 0.167. The molecule has 0 fully saturated rings. The van der Waals surface area contributed by atoms with Gasteiger partial charge in [-0.2, -0.15) is 0 Å². The van der Waals surface area contributed by atoms with E-state index < -0.39 is 12.6 Å². The van der Waals surface area contributed by atoms with E-state index >= 15 is 0 Å². The van der Waals surface area contributed by atoms with Crippen LogP contribution in [0.1, 0.15) is 0 Å². The topological polar surface area (TPSA) is 106 Å². The van der Waals surface area contributed by atoms with Crippen LogP contribution in [0.2, 0.25) is 0 Å². The Hall–Kier alpha value is -2.90. The number of ether oxygens (including phenoxy) is 1. The lowest BCUT2D eigenvalue weighted by molar-refractivity contribution is -0.139. The Morgan fingerprint density at radius 3 is 2.95 bits per heavy atom. The molecule has 2 rings (SSSR count). The first-order valence-electron chi connectivity index (χ1n) is 5.72. The van der Waals surface area contributed by atoms with E-state index in [9.17, 15) is 9.59 Å². The lowest BCUT2D eigenvalue weighted by atomic mass is 10.3. The molecular weight excluding hydrogens is 264 g/mol. The molecule has 0 spiro atoms. The third-order valence-corrected chi connectivity index (χ3v) is 2.26. The van der Waals surface area contributed by atoms with Crippen LogP contribution in [-0.4, -0.2) is 38.6 Å². The number of aromatic nitrogens is 3. The molecule has 1 aromatic heterocycles. The second-order valence-corrected chi connectivity index (χ2v) is 3.86. The van der Waals surface area contributed by atoms with Gasteiger partial charge in [-0.3, -0.25) is 4.79 Å². The first-order chi connectivity index (χ1) is 9.63. The van der Waals surface area contributed by atoms with Crippen LogP contribution in [-0.2, 0) is 16.1 Å². The van der Waals surface area contributed by atoms with Crippen LogP contribution in [0.15, 0.2) is 36.7 Å². The zero-order valence-electron chi connectivity index (χ0n) is 10.4. The predicted molar refractivity (Wildman–Crippen MR) is 68.2 cm³/mol. The third kappa shape index (κ3) is 4.09. The molecule has 8 nitrogen and oxygen atoms in total. The first kappa shape index (κ1) is 13.5. The Kier molecular flexibility index (Phi) is 4.28. The van der Waals surface area contributed by atoms with Gasteiger partial charge in [0.15, 0.2) is 6.61 Å². The molecular formula is C12H12N4O4. The van der Waals surface area contributed by atoms with E-state index in [1.54, 1.807) is 30.5 Å². The Morgan fingerprint density at radius 1 is 1.40 bits per heavy atom. The number of hydrogen-bond acceptors (Lipinski definition) is 5. The number of carboxylic acid groups (broad SMARTS) is 1. The quantitative estimate of drug-likeness (QED) is 0.790. The molecule has 8 heteroatoms. The van der Waals surface area contributed by atoms with Crippen molar-refractivity contribution in [3.8, 4) is 5.75 Å². The number of amides is 1. The number of carbonyl (C=O) groups excluding carboxylic acids is 1. The number of carbonyl (C=O) groups is 2. The highest BCUT2D eigenvalue weighted by Gasteiger charge is 2.05. The summed E-state index contributed by atoms with van der Waals surface area (Å²) in [6, 6.07) is 6.48. The predicted octanol–water partition coefficient (Wildman–Crippen LogP) is 0.380. The van der Waals surface area contributed by atoms with Crippen molar-refractivity contribution in [1.82, 2.24) is 15.0 Å². The number of carboxylic acids is 1. The minimum Gasteiger partial charge on any atom is -0.482 e. The molecule has 2 N–H and O–H groups in total. The minimum absolute atomic E-state index is 0.0419. The molecule has 1 amide bonds. The molecule has 0 aliphatic rings. The molecule has 2 aromatic rings. The number of benzene rings is 1. The Labute approximate surface area is 114 Å². The molecule has 0 aliphatic heterocycles. The summed E-state index contributed by atoms with van der Waals surface area (Å²) in [7, 11) is 0. The van der Waals surface area contributed by atoms with Crippen LogP contribution in [0.3, 0.4) is 0 Å². The van der Waals surface area contributed by atoms with Crippen LogP contribution < -0.4 is 10.1 Å². The van der Waals surface area contributed by atoms with E-state index in [4.69, 9.17) is 9.84 Å². The molecule has 0 radical (unpaired) electrons.